The second-order valence-corrected chi connectivity index (χ2v) is 5.91. The number of amides is 1. The molecule has 4 rings (SSSR count). The number of halogens is 1. The van der Waals surface area contributed by atoms with Gasteiger partial charge in [-0.15, -0.1) is 0 Å². The molecular formula is C21H15FN2O2. The minimum Gasteiger partial charge on any atom is -0.356 e. The molecule has 0 radical (unpaired) electrons. The number of carbonyl (C=O) groups is 1. The summed E-state index contributed by atoms with van der Waals surface area (Å²) in [4.78, 5) is 12.1. The van der Waals surface area contributed by atoms with E-state index in [4.69, 9.17) is 4.52 Å². The summed E-state index contributed by atoms with van der Waals surface area (Å²) in [5, 5.41) is 8.88. The van der Waals surface area contributed by atoms with Crippen LogP contribution in [0.15, 0.2) is 77.3 Å². The minimum atomic E-state index is -0.554. The first-order valence-electron chi connectivity index (χ1n) is 8.18. The number of benzene rings is 3. The van der Waals surface area contributed by atoms with Crippen molar-refractivity contribution in [2.75, 3.05) is 0 Å². The van der Waals surface area contributed by atoms with Crippen molar-refractivity contribution in [3.63, 3.8) is 0 Å². The summed E-state index contributed by atoms with van der Waals surface area (Å²) in [7, 11) is 0. The average Bonchev–Trinajstić information content (AvgIpc) is 3.15. The summed E-state index contributed by atoms with van der Waals surface area (Å²) in [5.74, 6) is -0.425. The Morgan fingerprint density at radius 2 is 1.73 bits per heavy atom. The van der Waals surface area contributed by atoms with E-state index in [1.165, 1.54) is 12.1 Å². The van der Waals surface area contributed by atoms with Crippen molar-refractivity contribution in [1.29, 1.82) is 0 Å². The van der Waals surface area contributed by atoms with Gasteiger partial charge in [-0.05, 0) is 29.0 Å². The van der Waals surface area contributed by atoms with Crippen LogP contribution in [0.2, 0.25) is 0 Å². The molecule has 0 saturated carbocycles. The lowest BCUT2D eigenvalue weighted by Crippen LogP contribution is -2.23. The molecule has 26 heavy (non-hydrogen) atoms. The molecular weight excluding hydrogens is 331 g/mol. The average molecular weight is 346 g/mol. The standard InChI is InChI=1S/C21H15FN2O2/c22-19-8-4-3-7-18(19)21(25)23-13-17-12-20(26-24-17)16-10-9-14-5-1-2-6-15(14)11-16/h1-12H,13H2,(H,23,25). The van der Waals surface area contributed by atoms with Crippen LogP contribution in [0.4, 0.5) is 4.39 Å². The van der Waals surface area contributed by atoms with E-state index in [9.17, 15) is 9.18 Å². The number of carbonyl (C=O) groups excluding carboxylic acids is 1. The normalized spacial score (nSPS) is 10.8. The Labute approximate surface area is 149 Å². The highest BCUT2D eigenvalue weighted by Gasteiger charge is 2.12. The maximum absolute atomic E-state index is 13.6. The minimum absolute atomic E-state index is 0.00532. The fraction of sp³-hybridized carbons (Fsp3) is 0.0476. The van der Waals surface area contributed by atoms with Crippen LogP contribution in [0.5, 0.6) is 0 Å². The van der Waals surface area contributed by atoms with E-state index in [1.54, 1.807) is 18.2 Å². The molecule has 1 aromatic heterocycles. The molecule has 0 atom stereocenters. The van der Waals surface area contributed by atoms with Crippen LogP contribution >= 0.6 is 0 Å². The predicted octanol–water partition coefficient (Wildman–Crippen LogP) is 4.56. The fourth-order valence-electron chi connectivity index (χ4n) is 2.79. The maximum Gasteiger partial charge on any atom is 0.254 e. The van der Waals surface area contributed by atoms with E-state index in [-0.39, 0.29) is 12.1 Å². The van der Waals surface area contributed by atoms with Gasteiger partial charge < -0.3 is 9.84 Å². The van der Waals surface area contributed by atoms with Crippen LogP contribution in [0.1, 0.15) is 16.1 Å². The molecule has 0 spiro atoms. The lowest BCUT2D eigenvalue weighted by molar-refractivity contribution is 0.0946. The molecule has 128 valence electrons. The van der Waals surface area contributed by atoms with E-state index >= 15 is 0 Å². The molecule has 3 aromatic carbocycles. The van der Waals surface area contributed by atoms with Gasteiger partial charge in [-0.3, -0.25) is 4.79 Å². The SMILES string of the molecule is O=C(NCc1cc(-c2ccc3ccccc3c2)on1)c1ccccc1F. The number of rotatable bonds is 4. The molecule has 0 unspecified atom stereocenters. The van der Waals surface area contributed by atoms with Crippen molar-refractivity contribution < 1.29 is 13.7 Å². The molecule has 0 aliphatic rings. The first-order chi connectivity index (χ1) is 12.7. The molecule has 1 heterocycles. The van der Waals surface area contributed by atoms with Crippen LogP contribution in [0, 0.1) is 5.82 Å². The van der Waals surface area contributed by atoms with Gasteiger partial charge in [0, 0.05) is 11.6 Å². The zero-order chi connectivity index (χ0) is 17.9. The third kappa shape index (κ3) is 3.19. The second kappa shape index (κ2) is 6.80. The maximum atomic E-state index is 13.6. The van der Waals surface area contributed by atoms with Gasteiger partial charge in [0.1, 0.15) is 11.5 Å². The summed E-state index contributed by atoms with van der Waals surface area (Å²) in [6.45, 7) is 0.157. The van der Waals surface area contributed by atoms with Gasteiger partial charge in [0.2, 0.25) is 0 Å². The van der Waals surface area contributed by atoms with Crippen LogP contribution in [-0.2, 0) is 6.54 Å². The van der Waals surface area contributed by atoms with E-state index in [1.807, 2.05) is 42.5 Å². The molecule has 0 bridgehead atoms. The van der Waals surface area contributed by atoms with Crippen molar-refractivity contribution in [3.05, 3.63) is 89.9 Å². The van der Waals surface area contributed by atoms with Crippen molar-refractivity contribution in [2.45, 2.75) is 6.54 Å². The molecule has 0 fully saturated rings. The first kappa shape index (κ1) is 16.0. The molecule has 5 heteroatoms. The monoisotopic (exact) mass is 346 g/mol. The third-order valence-corrected chi connectivity index (χ3v) is 4.14. The number of nitrogens with one attached hydrogen (secondary N) is 1. The molecule has 1 N–H and O–H groups in total. The van der Waals surface area contributed by atoms with E-state index in [0.717, 1.165) is 16.3 Å². The lowest BCUT2D eigenvalue weighted by Gasteiger charge is -2.03. The number of fused-ring (bicyclic) bond motifs is 1. The van der Waals surface area contributed by atoms with Gasteiger partial charge in [-0.25, -0.2) is 4.39 Å². The van der Waals surface area contributed by atoms with Crippen molar-refractivity contribution in [2.24, 2.45) is 0 Å². The highest BCUT2D eigenvalue weighted by molar-refractivity contribution is 5.94. The summed E-state index contributed by atoms with van der Waals surface area (Å²) in [6.07, 6.45) is 0. The lowest BCUT2D eigenvalue weighted by atomic mass is 10.1. The van der Waals surface area contributed by atoms with Crippen LogP contribution in [0.3, 0.4) is 0 Å². The van der Waals surface area contributed by atoms with Gasteiger partial charge in [0.05, 0.1) is 12.1 Å². The van der Waals surface area contributed by atoms with Crippen LogP contribution < -0.4 is 5.32 Å². The van der Waals surface area contributed by atoms with Crippen LogP contribution in [-0.4, -0.2) is 11.1 Å². The Kier molecular flexibility index (Phi) is 4.19. The van der Waals surface area contributed by atoms with Crippen molar-refractivity contribution in [3.8, 4) is 11.3 Å². The summed E-state index contributed by atoms with van der Waals surface area (Å²) in [6, 6.07) is 21.7. The van der Waals surface area contributed by atoms with Crippen LogP contribution in [0.25, 0.3) is 22.1 Å². The fourth-order valence-corrected chi connectivity index (χ4v) is 2.79. The van der Waals surface area contributed by atoms with Gasteiger partial charge in [0.15, 0.2) is 5.76 Å². The molecule has 0 aliphatic heterocycles. The zero-order valence-electron chi connectivity index (χ0n) is 13.8. The van der Waals surface area contributed by atoms with Crippen molar-refractivity contribution in [1.82, 2.24) is 10.5 Å². The highest BCUT2D eigenvalue weighted by atomic mass is 19.1. The van der Waals surface area contributed by atoms with E-state index in [2.05, 4.69) is 10.5 Å². The van der Waals surface area contributed by atoms with Gasteiger partial charge >= 0.3 is 0 Å². The largest absolute Gasteiger partial charge is 0.356 e. The number of nitrogens with zero attached hydrogens (tertiary/aromatic N) is 1. The third-order valence-electron chi connectivity index (χ3n) is 4.14. The Hall–Kier alpha value is -3.47. The highest BCUT2D eigenvalue weighted by Crippen LogP contribution is 2.25. The number of hydrogen-bond acceptors (Lipinski definition) is 3. The zero-order valence-corrected chi connectivity index (χ0v) is 13.8. The molecule has 1 amide bonds. The Balaban J connectivity index is 1.49. The summed E-state index contributed by atoms with van der Waals surface area (Å²) >= 11 is 0. The molecule has 4 nitrogen and oxygen atoms in total. The Bertz CT molecular complexity index is 1090. The smallest absolute Gasteiger partial charge is 0.254 e. The topological polar surface area (TPSA) is 55.1 Å². The predicted molar refractivity (Wildman–Crippen MR) is 97.0 cm³/mol. The number of aromatic nitrogens is 1. The second-order valence-electron chi connectivity index (χ2n) is 5.91. The van der Waals surface area contributed by atoms with E-state index < -0.39 is 11.7 Å². The van der Waals surface area contributed by atoms with Gasteiger partial charge in [-0.2, -0.15) is 0 Å². The van der Waals surface area contributed by atoms with Gasteiger partial charge in [-0.1, -0.05) is 53.7 Å². The first-order valence-corrected chi connectivity index (χ1v) is 8.18. The number of hydrogen-bond donors (Lipinski definition) is 1. The summed E-state index contributed by atoms with van der Waals surface area (Å²) < 4.78 is 19.0. The quantitative estimate of drug-likeness (QED) is 0.589. The van der Waals surface area contributed by atoms with E-state index in [0.29, 0.717) is 11.5 Å². The molecule has 0 saturated heterocycles. The van der Waals surface area contributed by atoms with Gasteiger partial charge in [0.25, 0.3) is 5.91 Å². The van der Waals surface area contributed by atoms with Crippen molar-refractivity contribution >= 4 is 16.7 Å². The Morgan fingerprint density at radius 3 is 2.58 bits per heavy atom. The Morgan fingerprint density at radius 1 is 0.962 bits per heavy atom. The molecule has 4 aromatic rings. The molecule has 0 aliphatic carbocycles. The summed E-state index contributed by atoms with van der Waals surface area (Å²) in [5.41, 5.74) is 1.48.